The van der Waals surface area contributed by atoms with Crippen LogP contribution in [0.4, 0.5) is 5.69 Å². The summed E-state index contributed by atoms with van der Waals surface area (Å²) in [4.78, 5) is 0. The van der Waals surface area contributed by atoms with Gasteiger partial charge in [-0.05, 0) is 37.8 Å². The number of nitrogens with zero attached hydrogens (tertiary/aromatic N) is 2. The number of fused-ring (bicyclic) bond motifs is 1. The lowest BCUT2D eigenvalue weighted by Gasteiger charge is -2.27. The number of benzene rings is 1. The first kappa shape index (κ1) is 14.0. The fourth-order valence-electron chi connectivity index (χ4n) is 3.18. The highest BCUT2D eigenvalue weighted by molar-refractivity contribution is 5.55. The van der Waals surface area contributed by atoms with Crippen LogP contribution in [-0.2, 0) is 6.42 Å². The van der Waals surface area contributed by atoms with Crippen LogP contribution in [0, 0.1) is 0 Å². The van der Waals surface area contributed by atoms with E-state index >= 15 is 0 Å². The molecule has 0 saturated heterocycles. The van der Waals surface area contributed by atoms with Gasteiger partial charge in [0, 0.05) is 24.7 Å². The third-order valence-electron chi connectivity index (χ3n) is 4.22. The molecule has 0 spiro atoms. The predicted octanol–water partition coefficient (Wildman–Crippen LogP) is 3.61. The molecule has 2 heterocycles. The van der Waals surface area contributed by atoms with E-state index in [1.165, 1.54) is 16.9 Å². The Balaban J connectivity index is 1.93. The molecule has 1 unspecified atom stereocenters. The van der Waals surface area contributed by atoms with Crippen LogP contribution in [0.2, 0.25) is 0 Å². The molecule has 0 radical (unpaired) electrons. The number of hydrogen-bond acceptors (Lipinski definition) is 3. The summed E-state index contributed by atoms with van der Waals surface area (Å²) >= 11 is 0. The van der Waals surface area contributed by atoms with E-state index in [1.807, 2.05) is 6.20 Å². The second-order valence-corrected chi connectivity index (χ2v) is 5.90. The van der Waals surface area contributed by atoms with E-state index in [0.717, 1.165) is 25.1 Å². The molecule has 2 aromatic rings. The summed E-state index contributed by atoms with van der Waals surface area (Å²) in [6.45, 7) is 5.35. The topological polar surface area (TPSA) is 39.1 Å². The van der Waals surface area contributed by atoms with Gasteiger partial charge in [-0.1, -0.05) is 18.2 Å². The van der Waals surface area contributed by atoms with Crippen molar-refractivity contribution in [2.75, 3.05) is 19.0 Å². The van der Waals surface area contributed by atoms with Gasteiger partial charge in [0.1, 0.15) is 0 Å². The minimum Gasteiger partial charge on any atom is -0.493 e. The first-order chi connectivity index (χ1) is 10.2. The van der Waals surface area contributed by atoms with Gasteiger partial charge in [0.2, 0.25) is 0 Å². The molecule has 1 aliphatic rings. The number of aromatic nitrogens is 2. The van der Waals surface area contributed by atoms with Crippen molar-refractivity contribution in [3.05, 3.63) is 41.7 Å². The summed E-state index contributed by atoms with van der Waals surface area (Å²) in [5.74, 6) is 1.42. The van der Waals surface area contributed by atoms with Crippen molar-refractivity contribution >= 4 is 5.69 Å². The number of para-hydroxylation sites is 1. The van der Waals surface area contributed by atoms with Crippen LogP contribution in [0.5, 0.6) is 5.75 Å². The Bertz CT molecular complexity index is 618. The Morgan fingerprint density at radius 2 is 2.19 bits per heavy atom. The monoisotopic (exact) mass is 285 g/mol. The van der Waals surface area contributed by atoms with Crippen molar-refractivity contribution in [2.24, 2.45) is 0 Å². The third-order valence-corrected chi connectivity index (χ3v) is 4.22. The van der Waals surface area contributed by atoms with E-state index in [1.54, 1.807) is 7.11 Å². The van der Waals surface area contributed by atoms with E-state index in [4.69, 9.17) is 4.74 Å². The summed E-state index contributed by atoms with van der Waals surface area (Å²) in [6.07, 6.45) is 3.95. The molecule has 1 aromatic carbocycles. The Labute approximate surface area is 126 Å². The maximum atomic E-state index is 5.51. The highest BCUT2D eigenvalue weighted by atomic mass is 16.5. The van der Waals surface area contributed by atoms with Gasteiger partial charge in [-0.25, -0.2) is 0 Å². The van der Waals surface area contributed by atoms with Crippen LogP contribution >= 0.6 is 0 Å². The second kappa shape index (κ2) is 5.80. The largest absolute Gasteiger partial charge is 0.493 e. The van der Waals surface area contributed by atoms with E-state index in [9.17, 15) is 0 Å². The molecule has 0 bridgehead atoms. The minimum absolute atomic E-state index is 0.348. The van der Waals surface area contributed by atoms with Crippen molar-refractivity contribution in [2.45, 2.75) is 38.6 Å². The minimum atomic E-state index is 0.348. The van der Waals surface area contributed by atoms with Crippen LogP contribution in [0.15, 0.2) is 30.5 Å². The van der Waals surface area contributed by atoms with Gasteiger partial charge in [0.25, 0.3) is 0 Å². The van der Waals surface area contributed by atoms with Gasteiger partial charge in [-0.2, -0.15) is 5.10 Å². The fourth-order valence-corrected chi connectivity index (χ4v) is 3.18. The van der Waals surface area contributed by atoms with Crippen LogP contribution in [0.1, 0.15) is 43.5 Å². The smallest absolute Gasteiger partial charge is 0.159 e. The van der Waals surface area contributed by atoms with Gasteiger partial charge >= 0.3 is 0 Å². The van der Waals surface area contributed by atoms with E-state index < -0.39 is 0 Å². The molecular weight excluding hydrogens is 262 g/mol. The number of nitrogens with one attached hydrogen (secondary N) is 1. The van der Waals surface area contributed by atoms with Crippen molar-refractivity contribution < 1.29 is 4.74 Å². The molecule has 0 fully saturated rings. The standard InChI is InChI=1S/C17H23N3O/c1-12(2)20-16(17(21-3)11-19-20)10-13-8-9-18-15-7-5-4-6-14(13)15/h4-7,11-13,18H,8-10H2,1-3H3. The highest BCUT2D eigenvalue weighted by Gasteiger charge is 2.24. The van der Waals surface area contributed by atoms with Crippen molar-refractivity contribution in [3.63, 3.8) is 0 Å². The summed E-state index contributed by atoms with van der Waals surface area (Å²) in [5, 5.41) is 7.97. The molecule has 4 heteroatoms. The maximum Gasteiger partial charge on any atom is 0.159 e. The summed E-state index contributed by atoms with van der Waals surface area (Å²) in [6, 6.07) is 8.96. The van der Waals surface area contributed by atoms with E-state index in [2.05, 4.69) is 53.2 Å². The Kier molecular flexibility index (Phi) is 3.86. The summed E-state index contributed by atoms with van der Waals surface area (Å²) in [5.41, 5.74) is 3.87. The molecule has 112 valence electrons. The van der Waals surface area contributed by atoms with Gasteiger partial charge in [-0.15, -0.1) is 0 Å². The lowest BCUT2D eigenvalue weighted by atomic mass is 9.87. The zero-order chi connectivity index (χ0) is 14.8. The number of rotatable bonds is 4. The van der Waals surface area contributed by atoms with Crippen molar-refractivity contribution in [1.82, 2.24) is 9.78 Å². The fraction of sp³-hybridized carbons (Fsp3) is 0.471. The zero-order valence-electron chi connectivity index (χ0n) is 13.0. The van der Waals surface area contributed by atoms with Crippen LogP contribution in [0.3, 0.4) is 0 Å². The van der Waals surface area contributed by atoms with Crippen LogP contribution in [0.25, 0.3) is 0 Å². The molecule has 1 aliphatic heterocycles. The Morgan fingerprint density at radius 1 is 1.38 bits per heavy atom. The molecule has 1 N–H and O–H groups in total. The molecule has 21 heavy (non-hydrogen) atoms. The average molecular weight is 285 g/mol. The summed E-state index contributed by atoms with van der Waals surface area (Å²) < 4.78 is 7.59. The lowest BCUT2D eigenvalue weighted by Crippen LogP contribution is -2.20. The van der Waals surface area contributed by atoms with Gasteiger partial charge in [-0.3, -0.25) is 4.68 Å². The first-order valence-electron chi connectivity index (χ1n) is 7.64. The van der Waals surface area contributed by atoms with Gasteiger partial charge in [0.05, 0.1) is 19.0 Å². The van der Waals surface area contributed by atoms with Crippen LogP contribution < -0.4 is 10.1 Å². The SMILES string of the molecule is COc1cnn(C(C)C)c1CC1CCNc2ccccc21. The Hall–Kier alpha value is -1.97. The van der Waals surface area contributed by atoms with E-state index in [-0.39, 0.29) is 0 Å². The molecule has 0 amide bonds. The second-order valence-electron chi connectivity index (χ2n) is 5.90. The first-order valence-corrected chi connectivity index (χ1v) is 7.64. The normalized spacial score (nSPS) is 17.4. The number of hydrogen-bond donors (Lipinski definition) is 1. The molecular formula is C17H23N3O. The predicted molar refractivity (Wildman–Crippen MR) is 85.2 cm³/mol. The highest BCUT2D eigenvalue weighted by Crippen LogP contribution is 2.36. The van der Waals surface area contributed by atoms with Gasteiger partial charge in [0.15, 0.2) is 5.75 Å². The molecule has 3 rings (SSSR count). The number of ether oxygens (including phenoxy) is 1. The zero-order valence-corrected chi connectivity index (χ0v) is 13.0. The lowest BCUT2D eigenvalue weighted by molar-refractivity contribution is 0.400. The molecule has 4 nitrogen and oxygen atoms in total. The van der Waals surface area contributed by atoms with Crippen molar-refractivity contribution in [1.29, 1.82) is 0 Å². The molecule has 0 aliphatic carbocycles. The molecule has 1 aromatic heterocycles. The third kappa shape index (κ3) is 2.62. The average Bonchev–Trinajstić information content (AvgIpc) is 2.90. The number of methoxy groups -OCH3 is 1. The van der Waals surface area contributed by atoms with Crippen LogP contribution in [-0.4, -0.2) is 23.4 Å². The Morgan fingerprint density at radius 3 is 2.95 bits per heavy atom. The molecule has 0 saturated carbocycles. The maximum absolute atomic E-state index is 5.51. The van der Waals surface area contributed by atoms with Crippen molar-refractivity contribution in [3.8, 4) is 5.75 Å². The van der Waals surface area contributed by atoms with E-state index in [0.29, 0.717) is 12.0 Å². The molecule has 1 atom stereocenters. The number of anilines is 1. The quantitative estimate of drug-likeness (QED) is 0.932. The summed E-state index contributed by atoms with van der Waals surface area (Å²) in [7, 11) is 1.72. The van der Waals surface area contributed by atoms with Gasteiger partial charge < -0.3 is 10.1 Å².